The van der Waals surface area contributed by atoms with Crippen molar-refractivity contribution < 1.29 is 0 Å². The van der Waals surface area contributed by atoms with E-state index in [-0.39, 0.29) is 0 Å². The molecule has 0 fully saturated rings. The van der Waals surface area contributed by atoms with Crippen LogP contribution in [0.15, 0.2) is 54.6 Å². The Morgan fingerprint density at radius 1 is 0.810 bits per heavy atom. The van der Waals surface area contributed by atoms with Crippen LogP contribution < -0.4 is 5.32 Å². The maximum Gasteiger partial charge on any atom is 0.0323 e. The summed E-state index contributed by atoms with van der Waals surface area (Å²) >= 11 is 0. The maximum absolute atomic E-state index is 3.62. The second-order valence-corrected chi connectivity index (χ2v) is 5.63. The third kappa shape index (κ3) is 5.02. The summed E-state index contributed by atoms with van der Waals surface area (Å²) in [5.41, 5.74) is 4.27. The zero-order chi connectivity index (χ0) is 14.9. The predicted octanol–water partition coefficient (Wildman–Crippen LogP) is 4.92. The van der Waals surface area contributed by atoms with Crippen molar-refractivity contribution in [3.05, 3.63) is 71.3 Å². The molecule has 0 amide bonds. The van der Waals surface area contributed by atoms with Gasteiger partial charge >= 0.3 is 0 Å². The number of benzene rings is 2. The van der Waals surface area contributed by atoms with E-state index in [1.807, 2.05) is 0 Å². The van der Waals surface area contributed by atoms with E-state index in [0.29, 0.717) is 6.04 Å². The monoisotopic (exact) mass is 281 g/mol. The molecule has 1 unspecified atom stereocenters. The summed E-state index contributed by atoms with van der Waals surface area (Å²) in [6.45, 7) is 5.42. The standard InChI is InChI=1S/C20H27N/c1-3-8-17-11-14-19(15-12-17)20(21-4-2)16-13-18-9-6-5-7-10-18/h5-7,9-12,14-15,20-21H,3-4,8,13,16H2,1-2H3. The molecular weight excluding hydrogens is 254 g/mol. The molecule has 0 spiro atoms. The molecule has 2 aromatic rings. The lowest BCUT2D eigenvalue weighted by atomic mass is 9.97. The summed E-state index contributed by atoms with van der Waals surface area (Å²) in [7, 11) is 0. The van der Waals surface area contributed by atoms with Gasteiger partial charge in [-0.3, -0.25) is 0 Å². The zero-order valence-electron chi connectivity index (χ0n) is 13.3. The van der Waals surface area contributed by atoms with Crippen LogP contribution in [-0.4, -0.2) is 6.54 Å². The van der Waals surface area contributed by atoms with Gasteiger partial charge in [-0.15, -0.1) is 0 Å². The summed E-state index contributed by atoms with van der Waals surface area (Å²) in [6.07, 6.45) is 4.65. The number of hydrogen-bond acceptors (Lipinski definition) is 1. The van der Waals surface area contributed by atoms with Crippen molar-refractivity contribution in [3.63, 3.8) is 0 Å². The molecule has 0 saturated carbocycles. The Morgan fingerprint density at radius 3 is 2.10 bits per heavy atom. The molecule has 0 saturated heterocycles. The Balaban J connectivity index is 2.00. The van der Waals surface area contributed by atoms with Gasteiger partial charge in [-0.05, 0) is 42.5 Å². The molecule has 2 rings (SSSR count). The minimum Gasteiger partial charge on any atom is -0.310 e. The van der Waals surface area contributed by atoms with Crippen molar-refractivity contribution in [3.8, 4) is 0 Å². The summed E-state index contributed by atoms with van der Waals surface area (Å²) < 4.78 is 0. The molecule has 0 radical (unpaired) electrons. The highest BCUT2D eigenvalue weighted by Gasteiger charge is 2.10. The molecule has 21 heavy (non-hydrogen) atoms. The molecule has 1 atom stereocenters. The van der Waals surface area contributed by atoms with Gasteiger partial charge in [0, 0.05) is 6.04 Å². The molecule has 0 bridgehead atoms. The highest BCUT2D eigenvalue weighted by molar-refractivity contribution is 5.25. The molecule has 0 aliphatic heterocycles. The van der Waals surface area contributed by atoms with Crippen LogP contribution in [0.4, 0.5) is 0 Å². The molecule has 2 aromatic carbocycles. The summed E-state index contributed by atoms with van der Waals surface area (Å²) in [5.74, 6) is 0. The third-order valence-corrected chi connectivity index (χ3v) is 3.94. The average molecular weight is 281 g/mol. The first-order valence-electron chi connectivity index (χ1n) is 8.19. The SMILES string of the molecule is CCCc1ccc(C(CCc2ccccc2)NCC)cc1. The molecular formula is C20H27N. The average Bonchev–Trinajstić information content (AvgIpc) is 2.54. The van der Waals surface area contributed by atoms with E-state index in [4.69, 9.17) is 0 Å². The van der Waals surface area contributed by atoms with Crippen molar-refractivity contribution >= 4 is 0 Å². The van der Waals surface area contributed by atoms with Gasteiger partial charge in [0.1, 0.15) is 0 Å². The van der Waals surface area contributed by atoms with E-state index < -0.39 is 0 Å². The summed E-state index contributed by atoms with van der Waals surface area (Å²) in [6, 6.07) is 20.4. The van der Waals surface area contributed by atoms with Crippen LogP contribution in [0.2, 0.25) is 0 Å². The van der Waals surface area contributed by atoms with Crippen LogP contribution in [0.25, 0.3) is 0 Å². The van der Waals surface area contributed by atoms with Crippen LogP contribution >= 0.6 is 0 Å². The smallest absolute Gasteiger partial charge is 0.0323 e. The van der Waals surface area contributed by atoms with Gasteiger partial charge in [-0.2, -0.15) is 0 Å². The highest BCUT2D eigenvalue weighted by Crippen LogP contribution is 2.20. The van der Waals surface area contributed by atoms with E-state index in [1.165, 1.54) is 29.5 Å². The van der Waals surface area contributed by atoms with Crippen molar-refractivity contribution in [2.75, 3.05) is 6.54 Å². The van der Waals surface area contributed by atoms with Gasteiger partial charge in [-0.1, -0.05) is 74.9 Å². The number of nitrogens with one attached hydrogen (secondary N) is 1. The number of hydrogen-bond donors (Lipinski definition) is 1. The highest BCUT2D eigenvalue weighted by atomic mass is 14.9. The summed E-state index contributed by atoms with van der Waals surface area (Å²) in [4.78, 5) is 0. The minimum absolute atomic E-state index is 0.450. The fraction of sp³-hybridized carbons (Fsp3) is 0.400. The molecule has 0 aliphatic rings. The van der Waals surface area contributed by atoms with Crippen molar-refractivity contribution in [2.45, 2.75) is 45.6 Å². The Kier molecular flexibility index (Phi) is 6.49. The molecule has 112 valence electrons. The lowest BCUT2D eigenvalue weighted by Gasteiger charge is -2.19. The normalized spacial score (nSPS) is 12.3. The molecule has 0 heterocycles. The van der Waals surface area contributed by atoms with Crippen molar-refractivity contribution in [1.82, 2.24) is 5.32 Å². The van der Waals surface area contributed by atoms with Crippen LogP contribution in [-0.2, 0) is 12.8 Å². The maximum atomic E-state index is 3.62. The van der Waals surface area contributed by atoms with Gasteiger partial charge in [0.05, 0.1) is 0 Å². The molecule has 1 nitrogen and oxygen atoms in total. The Morgan fingerprint density at radius 2 is 1.48 bits per heavy atom. The molecule has 0 aromatic heterocycles. The van der Waals surface area contributed by atoms with E-state index in [0.717, 1.165) is 19.4 Å². The van der Waals surface area contributed by atoms with E-state index in [9.17, 15) is 0 Å². The topological polar surface area (TPSA) is 12.0 Å². The first-order chi connectivity index (χ1) is 10.3. The van der Waals surface area contributed by atoms with E-state index in [2.05, 4.69) is 73.8 Å². The molecule has 0 aliphatic carbocycles. The predicted molar refractivity (Wildman–Crippen MR) is 91.6 cm³/mol. The van der Waals surface area contributed by atoms with Gasteiger partial charge < -0.3 is 5.32 Å². The fourth-order valence-corrected chi connectivity index (χ4v) is 2.79. The van der Waals surface area contributed by atoms with Crippen molar-refractivity contribution in [2.24, 2.45) is 0 Å². The van der Waals surface area contributed by atoms with E-state index in [1.54, 1.807) is 0 Å². The first kappa shape index (κ1) is 15.8. The van der Waals surface area contributed by atoms with Crippen LogP contribution in [0, 0.1) is 0 Å². The summed E-state index contributed by atoms with van der Waals surface area (Å²) in [5, 5.41) is 3.62. The Hall–Kier alpha value is -1.60. The van der Waals surface area contributed by atoms with Crippen LogP contribution in [0.5, 0.6) is 0 Å². The van der Waals surface area contributed by atoms with Crippen LogP contribution in [0.1, 0.15) is 49.4 Å². The van der Waals surface area contributed by atoms with Crippen molar-refractivity contribution in [1.29, 1.82) is 0 Å². The number of rotatable bonds is 8. The molecule has 1 heteroatoms. The van der Waals surface area contributed by atoms with Crippen LogP contribution in [0.3, 0.4) is 0 Å². The fourth-order valence-electron chi connectivity index (χ4n) is 2.79. The van der Waals surface area contributed by atoms with E-state index >= 15 is 0 Å². The zero-order valence-corrected chi connectivity index (χ0v) is 13.3. The minimum atomic E-state index is 0.450. The van der Waals surface area contributed by atoms with Gasteiger partial charge in [0.2, 0.25) is 0 Å². The lowest BCUT2D eigenvalue weighted by molar-refractivity contribution is 0.515. The second kappa shape index (κ2) is 8.63. The van der Waals surface area contributed by atoms with Gasteiger partial charge in [0.25, 0.3) is 0 Å². The van der Waals surface area contributed by atoms with Gasteiger partial charge in [0.15, 0.2) is 0 Å². The van der Waals surface area contributed by atoms with Gasteiger partial charge in [-0.25, -0.2) is 0 Å². The Labute approximate surface area is 129 Å². The lowest BCUT2D eigenvalue weighted by Crippen LogP contribution is -2.21. The quantitative estimate of drug-likeness (QED) is 0.724. The number of aryl methyl sites for hydroxylation is 2. The largest absolute Gasteiger partial charge is 0.310 e. The molecule has 1 N–H and O–H groups in total. The third-order valence-electron chi connectivity index (χ3n) is 3.94. The Bertz CT molecular complexity index is 501. The second-order valence-electron chi connectivity index (χ2n) is 5.63. The first-order valence-corrected chi connectivity index (χ1v) is 8.19.